The van der Waals surface area contributed by atoms with E-state index in [4.69, 9.17) is 14.5 Å². The van der Waals surface area contributed by atoms with E-state index in [0.29, 0.717) is 11.5 Å². The van der Waals surface area contributed by atoms with Gasteiger partial charge in [-0.3, -0.25) is 4.68 Å². The van der Waals surface area contributed by atoms with Crippen molar-refractivity contribution in [3.05, 3.63) is 17.8 Å². The Bertz CT molecular complexity index is 943. The van der Waals surface area contributed by atoms with Gasteiger partial charge in [-0.2, -0.15) is 5.10 Å². The van der Waals surface area contributed by atoms with E-state index in [2.05, 4.69) is 29.4 Å². The number of aryl methyl sites for hydroxylation is 2. The highest BCUT2D eigenvalue weighted by molar-refractivity contribution is 6.08. The highest BCUT2D eigenvalue weighted by Crippen LogP contribution is 2.38. The Kier molecular flexibility index (Phi) is 8.60. The molecule has 0 unspecified atom stereocenters. The number of ether oxygens (including phenoxy) is 2. The molecule has 3 rings (SSSR count). The number of hydrogen-bond acceptors (Lipinski definition) is 6. The van der Waals surface area contributed by atoms with Crippen LogP contribution in [0.3, 0.4) is 0 Å². The average Bonchev–Trinajstić information content (AvgIpc) is 2.90. The van der Waals surface area contributed by atoms with Gasteiger partial charge in [0.25, 0.3) is 0 Å². The first-order valence-corrected chi connectivity index (χ1v) is 8.74. The van der Waals surface area contributed by atoms with Gasteiger partial charge >= 0.3 is 0 Å². The van der Waals surface area contributed by atoms with Crippen molar-refractivity contribution in [2.75, 3.05) is 46.7 Å². The molecule has 0 bridgehead atoms. The number of nitrogens with one attached hydrogen (secondary N) is 1. The van der Waals surface area contributed by atoms with E-state index in [1.807, 2.05) is 30.8 Å². The third kappa shape index (κ3) is 4.54. The minimum atomic E-state index is 0. The van der Waals surface area contributed by atoms with Crippen molar-refractivity contribution < 1.29 is 9.47 Å². The lowest BCUT2D eigenvalue weighted by molar-refractivity contribution is 0.356. The molecule has 0 amide bonds. The maximum absolute atomic E-state index is 5.50. The topological polar surface area (TPSA) is 64.4 Å². The summed E-state index contributed by atoms with van der Waals surface area (Å²) in [5.74, 6) is 1.36. The monoisotopic (exact) mass is 429 g/mol. The van der Waals surface area contributed by atoms with Gasteiger partial charge in [-0.1, -0.05) is 0 Å². The Morgan fingerprint density at radius 3 is 2.36 bits per heavy atom. The van der Waals surface area contributed by atoms with Crippen molar-refractivity contribution in [3.8, 4) is 11.5 Å². The van der Waals surface area contributed by atoms with Crippen LogP contribution in [0.15, 0.2) is 12.1 Å². The summed E-state index contributed by atoms with van der Waals surface area (Å²) < 4.78 is 12.8. The molecule has 28 heavy (non-hydrogen) atoms. The van der Waals surface area contributed by atoms with Gasteiger partial charge in [-0.05, 0) is 40.1 Å². The van der Waals surface area contributed by atoms with Crippen molar-refractivity contribution in [1.82, 2.24) is 19.7 Å². The van der Waals surface area contributed by atoms with Gasteiger partial charge in [-0.15, -0.1) is 24.8 Å². The van der Waals surface area contributed by atoms with Crippen LogP contribution in [-0.2, 0) is 7.05 Å². The highest BCUT2D eigenvalue weighted by atomic mass is 35.5. The standard InChI is InChI=1S/C19H27N5O2.2ClH/c1-12-17-18(20-8-7-9-23(2)3)13-10-15(25-5)16(26-6)11-14(13)21-19(17)24(4)22-12;;/h10-11H,7-9H2,1-6H3,(H,20,21);2*1H. The van der Waals surface area contributed by atoms with E-state index in [1.165, 1.54) is 0 Å². The van der Waals surface area contributed by atoms with Crippen LogP contribution < -0.4 is 14.8 Å². The van der Waals surface area contributed by atoms with Crippen LogP contribution in [0, 0.1) is 6.92 Å². The molecule has 156 valence electrons. The molecule has 0 aliphatic rings. The highest BCUT2D eigenvalue weighted by Gasteiger charge is 2.18. The van der Waals surface area contributed by atoms with Crippen LogP contribution in [0.1, 0.15) is 12.1 Å². The molecule has 0 spiro atoms. The molecular formula is C19H29Cl2N5O2. The third-order valence-corrected chi connectivity index (χ3v) is 4.52. The lowest BCUT2D eigenvalue weighted by Crippen LogP contribution is -2.16. The number of aromatic nitrogens is 3. The predicted octanol–water partition coefficient (Wildman–Crippen LogP) is 3.65. The number of halogens is 2. The first-order chi connectivity index (χ1) is 12.5. The number of pyridine rings is 1. The van der Waals surface area contributed by atoms with E-state index in [9.17, 15) is 0 Å². The molecule has 2 heterocycles. The fraction of sp³-hybridized carbons (Fsp3) is 0.474. The molecule has 1 N–H and O–H groups in total. The minimum Gasteiger partial charge on any atom is -0.493 e. The van der Waals surface area contributed by atoms with Gasteiger partial charge in [-0.25, -0.2) is 4.98 Å². The second kappa shape index (κ2) is 10.0. The Hall–Kier alpha value is -1.96. The Labute approximate surface area is 178 Å². The van der Waals surface area contributed by atoms with E-state index in [0.717, 1.165) is 52.8 Å². The number of benzene rings is 1. The molecule has 0 saturated heterocycles. The molecule has 2 aromatic heterocycles. The summed E-state index contributed by atoms with van der Waals surface area (Å²) in [7, 11) is 9.38. The fourth-order valence-electron chi connectivity index (χ4n) is 3.27. The van der Waals surface area contributed by atoms with Gasteiger partial charge in [0.1, 0.15) is 0 Å². The van der Waals surface area contributed by atoms with Crippen LogP contribution in [0.2, 0.25) is 0 Å². The maximum atomic E-state index is 5.50. The SMILES string of the molecule is COc1cc2nc3c(c(C)nn3C)c(NCCCN(C)C)c2cc1OC.Cl.Cl. The fourth-order valence-corrected chi connectivity index (χ4v) is 3.27. The van der Waals surface area contributed by atoms with Crippen LogP contribution in [0.25, 0.3) is 21.9 Å². The molecule has 0 radical (unpaired) electrons. The Morgan fingerprint density at radius 2 is 1.75 bits per heavy atom. The molecule has 3 aromatic rings. The molecule has 1 aromatic carbocycles. The number of rotatable bonds is 7. The summed E-state index contributed by atoms with van der Waals surface area (Å²) in [6, 6.07) is 3.91. The average molecular weight is 430 g/mol. The quantitative estimate of drug-likeness (QED) is 0.578. The van der Waals surface area contributed by atoms with Gasteiger partial charge in [0.2, 0.25) is 0 Å². The summed E-state index contributed by atoms with van der Waals surface area (Å²) in [5.41, 5.74) is 3.72. The first-order valence-electron chi connectivity index (χ1n) is 8.74. The molecule has 9 heteroatoms. The first kappa shape index (κ1) is 24.1. The largest absolute Gasteiger partial charge is 0.493 e. The second-order valence-electron chi connectivity index (χ2n) is 6.70. The summed E-state index contributed by atoms with van der Waals surface area (Å²) in [6.07, 6.45) is 1.05. The van der Waals surface area contributed by atoms with Gasteiger partial charge in [0.15, 0.2) is 17.1 Å². The van der Waals surface area contributed by atoms with E-state index < -0.39 is 0 Å². The second-order valence-corrected chi connectivity index (χ2v) is 6.70. The molecule has 0 saturated carbocycles. The molecule has 0 aliphatic carbocycles. The normalized spacial score (nSPS) is 10.7. The molecule has 0 aliphatic heterocycles. The van der Waals surface area contributed by atoms with Crippen molar-refractivity contribution in [2.24, 2.45) is 7.05 Å². The molecule has 7 nitrogen and oxygen atoms in total. The molecule has 0 fully saturated rings. The van der Waals surface area contributed by atoms with Crippen molar-refractivity contribution in [2.45, 2.75) is 13.3 Å². The summed E-state index contributed by atoms with van der Waals surface area (Å²) >= 11 is 0. The Morgan fingerprint density at radius 1 is 1.11 bits per heavy atom. The lowest BCUT2D eigenvalue weighted by Gasteiger charge is -2.15. The minimum absolute atomic E-state index is 0. The number of anilines is 1. The number of nitrogens with zero attached hydrogens (tertiary/aromatic N) is 4. The zero-order valence-corrected chi connectivity index (χ0v) is 18.8. The van der Waals surface area contributed by atoms with Crippen LogP contribution in [-0.4, -0.2) is 61.1 Å². The van der Waals surface area contributed by atoms with Crippen molar-refractivity contribution in [1.29, 1.82) is 0 Å². The van der Waals surface area contributed by atoms with Crippen molar-refractivity contribution >= 4 is 52.4 Å². The Balaban J connectivity index is 0.00000196. The zero-order chi connectivity index (χ0) is 18.8. The summed E-state index contributed by atoms with van der Waals surface area (Å²) in [6.45, 7) is 3.92. The maximum Gasteiger partial charge on any atom is 0.162 e. The van der Waals surface area contributed by atoms with Crippen LogP contribution >= 0.6 is 24.8 Å². The summed E-state index contributed by atoms with van der Waals surface area (Å²) in [4.78, 5) is 7.00. The lowest BCUT2D eigenvalue weighted by atomic mass is 10.1. The van der Waals surface area contributed by atoms with Gasteiger partial charge < -0.3 is 19.7 Å². The molecule has 0 atom stereocenters. The van der Waals surface area contributed by atoms with E-state index in [1.54, 1.807) is 14.2 Å². The predicted molar refractivity (Wildman–Crippen MR) is 120 cm³/mol. The number of methoxy groups -OCH3 is 2. The number of hydrogen-bond donors (Lipinski definition) is 1. The van der Waals surface area contributed by atoms with Crippen LogP contribution in [0.5, 0.6) is 11.5 Å². The van der Waals surface area contributed by atoms with Crippen molar-refractivity contribution in [3.63, 3.8) is 0 Å². The molecular weight excluding hydrogens is 401 g/mol. The summed E-state index contributed by atoms with van der Waals surface area (Å²) in [5, 5.41) is 10.2. The van der Waals surface area contributed by atoms with E-state index in [-0.39, 0.29) is 24.8 Å². The third-order valence-electron chi connectivity index (χ3n) is 4.52. The van der Waals surface area contributed by atoms with Crippen LogP contribution in [0.4, 0.5) is 5.69 Å². The smallest absolute Gasteiger partial charge is 0.162 e. The zero-order valence-electron chi connectivity index (χ0n) is 17.2. The van der Waals surface area contributed by atoms with Gasteiger partial charge in [0.05, 0.1) is 36.5 Å². The number of fused-ring (bicyclic) bond motifs is 2. The van der Waals surface area contributed by atoms with Gasteiger partial charge in [0, 0.05) is 25.0 Å². The van der Waals surface area contributed by atoms with E-state index >= 15 is 0 Å².